The molecule has 0 aromatic heterocycles. The fraction of sp³-hybridized carbons (Fsp3) is 0.818. The molecule has 0 aliphatic carbocycles. The van der Waals surface area contributed by atoms with Crippen LogP contribution in [0.4, 0.5) is 0 Å². The Morgan fingerprint density at radius 1 is 1.53 bits per heavy atom. The molecule has 0 bridgehead atoms. The van der Waals surface area contributed by atoms with E-state index in [1.165, 1.54) is 11.8 Å². The molecule has 17 heavy (non-hydrogen) atoms. The maximum absolute atomic E-state index is 11.8. The molecule has 2 rings (SSSR count). The van der Waals surface area contributed by atoms with Crippen LogP contribution in [0, 0.1) is 0 Å². The van der Waals surface area contributed by atoms with Crippen LogP contribution < -0.4 is 0 Å². The van der Waals surface area contributed by atoms with Crippen LogP contribution in [0.3, 0.4) is 0 Å². The Morgan fingerprint density at radius 3 is 2.76 bits per heavy atom. The Balaban J connectivity index is 1.77. The number of hydrogen-bond donors (Lipinski definition) is 1. The number of amides is 2. The van der Waals surface area contributed by atoms with Gasteiger partial charge in [-0.2, -0.15) is 0 Å². The number of β-amino-alcohol motifs (C(OH)–C–C–N with tert-alkyl or cyclic N) is 1. The highest BCUT2D eigenvalue weighted by Gasteiger charge is 2.43. The summed E-state index contributed by atoms with van der Waals surface area (Å²) in [5, 5.41) is 9.96. The van der Waals surface area contributed by atoms with Gasteiger partial charge in [-0.15, -0.1) is 11.8 Å². The highest BCUT2D eigenvalue weighted by Crippen LogP contribution is 2.26. The lowest BCUT2D eigenvalue weighted by atomic mass is 9.89. The number of hydrogen-bond acceptors (Lipinski definition) is 4. The topological polar surface area (TPSA) is 60.9 Å². The van der Waals surface area contributed by atoms with Crippen LogP contribution >= 0.6 is 11.8 Å². The zero-order chi connectivity index (χ0) is 12.5. The van der Waals surface area contributed by atoms with Crippen molar-refractivity contribution >= 4 is 23.6 Å². The molecule has 1 N–H and O–H groups in total. The van der Waals surface area contributed by atoms with Gasteiger partial charge in [-0.25, -0.2) is 0 Å². The second-order valence-corrected chi connectivity index (χ2v) is 5.75. The minimum atomic E-state index is -0.686. The average Bonchev–Trinajstić information content (AvgIpc) is 2.61. The van der Waals surface area contributed by atoms with Crippen molar-refractivity contribution in [3.05, 3.63) is 0 Å². The van der Waals surface area contributed by atoms with Crippen LogP contribution in [-0.2, 0) is 9.59 Å². The first-order valence-corrected chi connectivity index (χ1v) is 7.05. The molecule has 2 aliphatic heterocycles. The lowest BCUT2D eigenvalue weighted by molar-refractivity contribution is -0.158. The third-order valence-corrected chi connectivity index (χ3v) is 4.14. The maximum atomic E-state index is 11.8. The molecule has 2 fully saturated rings. The number of thioether (sulfide) groups is 1. The molecule has 5 nitrogen and oxygen atoms in total. The molecule has 0 unspecified atom stereocenters. The van der Waals surface area contributed by atoms with Crippen molar-refractivity contribution in [2.75, 3.05) is 31.3 Å². The number of likely N-dealkylation sites (tertiary alicyclic amines) is 1. The summed E-state index contributed by atoms with van der Waals surface area (Å²) in [6.07, 6.45) is 1.65. The summed E-state index contributed by atoms with van der Waals surface area (Å²) in [4.78, 5) is 26.4. The zero-order valence-electron chi connectivity index (χ0n) is 10.0. The SMILES string of the molecule is CCCC1(O)CN(C(=O)CN2CSCC2=O)C1. The number of aliphatic hydroxyl groups is 1. The minimum absolute atomic E-state index is 0.0349. The van der Waals surface area contributed by atoms with E-state index in [1.807, 2.05) is 6.92 Å². The summed E-state index contributed by atoms with van der Waals surface area (Å²) in [6.45, 7) is 3.00. The molecule has 96 valence electrons. The second kappa shape index (κ2) is 4.86. The van der Waals surface area contributed by atoms with E-state index in [4.69, 9.17) is 0 Å². The Hall–Kier alpha value is -0.750. The molecule has 0 spiro atoms. The summed E-state index contributed by atoms with van der Waals surface area (Å²) in [6, 6.07) is 0. The summed E-state index contributed by atoms with van der Waals surface area (Å²) in [5.41, 5.74) is -0.686. The molecule has 6 heteroatoms. The van der Waals surface area contributed by atoms with Crippen LogP contribution in [0.5, 0.6) is 0 Å². The van der Waals surface area contributed by atoms with Gasteiger partial charge in [0.15, 0.2) is 0 Å². The van der Waals surface area contributed by atoms with Gasteiger partial charge in [-0.1, -0.05) is 13.3 Å². The van der Waals surface area contributed by atoms with Crippen molar-refractivity contribution in [1.29, 1.82) is 0 Å². The van der Waals surface area contributed by atoms with Crippen molar-refractivity contribution in [3.63, 3.8) is 0 Å². The van der Waals surface area contributed by atoms with Crippen molar-refractivity contribution in [2.24, 2.45) is 0 Å². The van der Waals surface area contributed by atoms with Crippen molar-refractivity contribution in [1.82, 2.24) is 9.80 Å². The normalized spacial score (nSPS) is 22.8. The van der Waals surface area contributed by atoms with Crippen molar-refractivity contribution in [2.45, 2.75) is 25.4 Å². The zero-order valence-corrected chi connectivity index (χ0v) is 10.8. The lowest BCUT2D eigenvalue weighted by Crippen LogP contribution is -2.64. The predicted octanol–water partition coefficient (Wildman–Crippen LogP) is -0.107. The molecular formula is C11H18N2O3S. The van der Waals surface area contributed by atoms with Gasteiger partial charge in [0.1, 0.15) is 6.54 Å². The maximum Gasteiger partial charge on any atom is 0.242 e. The van der Waals surface area contributed by atoms with Crippen LogP contribution in [0.2, 0.25) is 0 Å². The van der Waals surface area contributed by atoms with Crippen LogP contribution in [0.1, 0.15) is 19.8 Å². The fourth-order valence-electron chi connectivity index (χ4n) is 2.27. The Bertz CT molecular complexity index is 329. The fourth-order valence-corrected chi connectivity index (χ4v) is 3.17. The van der Waals surface area contributed by atoms with E-state index in [-0.39, 0.29) is 18.4 Å². The molecular weight excluding hydrogens is 240 g/mol. The summed E-state index contributed by atoms with van der Waals surface area (Å²) >= 11 is 1.53. The van der Waals surface area contributed by atoms with E-state index in [1.54, 1.807) is 9.80 Å². The van der Waals surface area contributed by atoms with Gasteiger partial charge in [0.2, 0.25) is 11.8 Å². The Labute approximate surface area is 105 Å². The standard InChI is InChI=1S/C11H18N2O3S/c1-2-3-11(16)6-13(7-11)9(14)4-12-8-17-5-10(12)15/h16H,2-8H2,1H3. The summed E-state index contributed by atoms with van der Waals surface area (Å²) in [5.74, 6) is 1.07. The number of nitrogens with zero attached hydrogens (tertiary/aromatic N) is 2. The number of carbonyl (C=O) groups excluding carboxylic acids is 2. The molecule has 2 heterocycles. The highest BCUT2D eigenvalue weighted by atomic mass is 32.2. The second-order valence-electron chi connectivity index (χ2n) is 4.79. The van der Waals surface area contributed by atoms with Crippen molar-refractivity contribution in [3.8, 4) is 0 Å². The molecule has 0 saturated carbocycles. The van der Waals surface area contributed by atoms with E-state index in [0.29, 0.717) is 24.7 Å². The van der Waals surface area contributed by atoms with Gasteiger partial charge in [0.05, 0.1) is 30.3 Å². The molecule has 0 atom stereocenters. The van der Waals surface area contributed by atoms with E-state index in [0.717, 1.165) is 12.8 Å². The average molecular weight is 258 g/mol. The minimum Gasteiger partial charge on any atom is -0.386 e. The third-order valence-electron chi connectivity index (χ3n) is 3.19. The van der Waals surface area contributed by atoms with Gasteiger partial charge in [-0.3, -0.25) is 9.59 Å². The predicted molar refractivity (Wildman–Crippen MR) is 65.5 cm³/mol. The molecule has 2 aliphatic rings. The van der Waals surface area contributed by atoms with Crippen LogP contribution in [-0.4, -0.2) is 63.6 Å². The third kappa shape index (κ3) is 2.74. The first-order chi connectivity index (χ1) is 8.04. The quantitative estimate of drug-likeness (QED) is 0.764. The van der Waals surface area contributed by atoms with Crippen LogP contribution in [0.25, 0.3) is 0 Å². The number of rotatable bonds is 4. The Kier molecular flexibility index (Phi) is 3.63. The Morgan fingerprint density at radius 2 is 2.24 bits per heavy atom. The highest BCUT2D eigenvalue weighted by molar-refractivity contribution is 8.00. The van der Waals surface area contributed by atoms with E-state index < -0.39 is 5.60 Å². The van der Waals surface area contributed by atoms with E-state index >= 15 is 0 Å². The monoisotopic (exact) mass is 258 g/mol. The summed E-state index contributed by atoms with van der Waals surface area (Å²) in [7, 11) is 0. The first-order valence-electron chi connectivity index (χ1n) is 5.90. The number of carbonyl (C=O) groups is 2. The van der Waals surface area contributed by atoms with E-state index in [2.05, 4.69) is 0 Å². The van der Waals surface area contributed by atoms with Gasteiger partial charge in [0.25, 0.3) is 0 Å². The van der Waals surface area contributed by atoms with E-state index in [9.17, 15) is 14.7 Å². The molecule has 2 amide bonds. The lowest BCUT2D eigenvalue weighted by Gasteiger charge is -2.46. The van der Waals surface area contributed by atoms with Gasteiger partial charge < -0.3 is 14.9 Å². The van der Waals surface area contributed by atoms with Crippen molar-refractivity contribution < 1.29 is 14.7 Å². The van der Waals surface area contributed by atoms with Gasteiger partial charge in [-0.05, 0) is 6.42 Å². The summed E-state index contributed by atoms with van der Waals surface area (Å²) < 4.78 is 0. The molecule has 0 radical (unpaired) electrons. The van der Waals surface area contributed by atoms with Gasteiger partial charge >= 0.3 is 0 Å². The molecule has 0 aromatic rings. The largest absolute Gasteiger partial charge is 0.386 e. The smallest absolute Gasteiger partial charge is 0.242 e. The van der Waals surface area contributed by atoms with Crippen LogP contribution in [0.15, 0.2) is 0 Å². The first kappa shape index (κ1) is 12.7. The molecule has 0 aromatic carbocycles. The molecule has 2 saturated heterocycles. The van der Waals surface area contributed by atoms with Gasteiger partial charge in [0, 0.05) is 0 Å².